The molecule has 0 unspecified atom stereocenters. The minimum atomic E-state index is -1.21. The lowest BCUT2D eigenvalue weighted by Crippen LogP contribution is -2.51. The smallest absolute Gasteiger partial charge is 0.347 e. The number of aliphatic hydroxyl groups excluding tert-OH is 1. The van der Waals surface area contributed by atoms with Gasteiger partial charge in [-0.1, -0.05) is 138 Å². The molecule has 8 rings (SSSR count). The highest BCUT2D eigenvalue weighted by Gasteiger charge is 2.50. The fourth-order valence-corrected chi connectivity index (χ4v) is 12.0. The van der Waals surface area contributed by atoms with Gasteiger partial charge < -0.3 is 64.3 Å². The van der Waals surface area contributed by atoms with Crippen LogP contribution in [0.25, 0.3) is 0 Å². The molecule has 21 nitrogen and oxygen atoms in total. The second-order valence-corrected chi connectivity index (χ2v) is 28.6. The summed E-state index contributed by atoms with van der Waals surface area (Å²) in [6, 6.07) is 23.5. The van der Waals surface area contributed by atoms with Crippen LogP contribution >= 0.6 is 34.8 Å². The van der Waals surface area contributed by atoms with E-state index in [1.165, 1.54) is 26.4 Å². The SMILES string of the molecule is COc1ccc(C[C@H]2NC(=O)/C=C/C[C@@H]([C@H](C)[C@H]3O[C@@H]3c3ccc(CCl)cc3)OC(=O)[C@H](CC(C)C)OC(=O)C(C)(C)CNC2=O)cc1Cl.COc1ccc(C[C@H]2NC(=O)/C=C/C[C@@H]([C@H](C)[C@H]3O[C@@H]3c3ccc(CO)cc3)OC(=O)[C@H](CC(C)C)OC(=O)C(C)(C)CNC2=O)cc1Cl. The van der Waals surface area contributed by atoms with Gasteiger partial charge in [-0.3, -0.25) is 28.8 Å². The van der Waals surface area contributed by atoms with Gasteiger partial charge in [-0.25, -0.2) is 9.59 Å². The Bertz CT molecular complexity index is 3280. The van der Waals surface area contributed by atoms with E-state index in [2.05, 4.69) is 21.3 Å². The molecule has 0 bridgehead atoms. The first-order valence-electron chi connectivity index (χ1n) is 33.1. The van der Waals surface area contributed by atoms with Gasteiger partial charge in [0.05, 0.1) is 53.9 Å². The van der Waals surface area contributed by atoms with Crippen LogP contribution in [0.3, 0.4) is 0 Å². The van der Waals surface area contributed by atoms with Crippen LogP contribution in [0.1, 0.15) is 141 Å². The summed E-state index contributed by atoms with van der Waals surface area (Å²) in [6.45, 7) is 17.7. The molecule has 0 aromatic heterocycles. The molecule has 4 heterocycles. The Kier molecular flexibility index (Phi) is 28.2. The summed E-state index contributed by atoms with van der Waals surface area (Å²) in [5.74, 6) is -3.95. The molecule has 532 valence electrons. The summed E-state index contributed by atoms with van der Waals surface area (Å²) in [4.78, 5) is 107. The number of amides is 4. The number of benzene rings is 4. The van der Waals surface area contributed by atoms with Crippen LogP contribution in [-0.4, -0.2) is 129 Å². The fraction of sp³-hybridized carbons (Fsp3) is 0.514. The molecule has 24 heteroatoms. The zero-order chi connectivity index (χ0) is 71.8. The molecular weight excluding hydrogens is 1320 g/mol. The van der Waals surface area contributed by atoms with Gasteiger partial charge >= 0.3 is 23.9 Å². The topological polar surface area (TPSA) is 285 Å². The number of carbonyl (C=O) groups excluding carboxylic acids is 8. The Morgan fingerprint density at radius 1 is 0.531 bits per heavy atom. The van der Waals surface area contributed by atoms with Crippen LogP contribution in [0.2, 0.25) is 10.0 Å². The van der Waals surface area contributed by atoms with E-state index in [1.807, 2.05) is 90.1 Å². The van der Waals surface area contributed by atoms with Crippen molar-refractivity contribution in [1.29, 1.82) is 0 Å². The van der Waals surface area contributed by atoms with Crippen LogP contribution in [0.5, 0.6) is 11.5 Å². The second kappa shape index (κ2) is 35.5. The van der Waals surface area contributed by atoms with E-state index in [1.54, 1.807) is 76.2 Å². The molecule has 2 fully saturated rings. The van der Waals surface area contributed by atoms with Crippen molar-refractivity contribution in [2.45, 2.75) is 181 Å². The van der Waals surface area contributed by atoms with Gasteiger partial charge in [0.2, 0.25) is 23.6 Å². The monoisotopic (exact) mass is 1410 g/mol. The third-order valence-corrected chi connectivity index (χ3v) is 18.4. The second-order valence-electron chi connectivity index (χ2n) is 27.5. The van der Waals surface area contributed by atoms with Crippen LogP contribution in [0, 0.1) is 34.5 Å². The number of ether oxygens (including phenoxy) is 8. The number of nitrogens with one attached hydrogen (secondary N) is 4. The minimum Gasteiger partial charge on any atom is -0.495 e. The summed E-state index contributed by atoms with van der Waals surface area (Å²) in [5.41, 5.74) is 2.64. The van der Waals surface area contributed by atoms with Gasteiger partial charge in [-0.15, -0.1) is 11.6 Å². The van der Waals surface area contributed by atoms with E-state index in [9.17, 15) is 43.5 Å². The van der Waals surface area contributed by atoms with Crippen LogP contribution in [-0.2, 0) is 92.1 Å². The summed E-state index contributed by atoms with van der Waals surface area (Å²) < 4.78 is 46.2. The molecule has 4 aromatic carbocycles. The van der Waals surface area contributed by atoms with E-state index in [0.717, 1.165) is 22.3 Å². The molecule has 4 aliphatic rings. The molecule has 0 aliphatic carbocycles. The van der Waals surface area contributed by atoms with Crippen molar-refractivity contribution < 1.29 is 81.4 Å². The predicted molar refractivity (Wildman–Crippen MR) is 369 cm³/mol. The molecule has 12 atom stereocenters. The maximum atomic E-state index is 13.6. The summed E-state index contributed by atoms with van der Waals surface area (Å²) in [5, 5.41) is 21.2. The summed E-state index contributed by atoms with van der Waals surface area (Å²) in [7, 11) is 3.00. The molecule has 98 heavy (non-hydrogen) atoms. The standard InChI is InChI=1S/C37H46Cl2N2O8.C37H47ClN2O9/c1-21(2)16-30-35(44)47-28(22(3)32-33(49-32)25-13-10-23(19-38)11-14-25)8-7-9-31(42)41-27(18-24-12-15-29(46-6)26(39)17-24)34(43)40-20-37(4,5)36(45)48-30;1-21(2)16-30-35(44)47-28(22(3)32-33(49-32)25-13-10-23(19-41)11-14-25)8-7-9-31(42)40-27(18-24-12-15-29(46-6)26(38)17-24)34(43)39-20-37(4,5)36(45)48-30/h7,9-15,17,21-22,27-28,30,32-33H,8,16,18-20H2,1-6H3,(H,40,43)(H,41,42);7,9-15,17,21-22,27-28,30,32-33,41H,8,16,18-20H2,1-6H3,(H,39,43)(H,40,42)/b2*9-7+/t2*22-,27+,28-,30-,32+,33+/m00/s1. The maximum Gasteiger partial charge on any atom is 0.347 e. The molecule has 4 aliphatic heterocycles. The highest BCUT2D eigenvalue weighted by Crippen LogP contribution is 2.47. The molecule has 4 amide bonds. The third kappa shape index (κ3) is 22.2. The average Bonchev–Trinajstić information content (AvgIpc) is 1.63. The van der Waals surface area contributed by atoms with Gasteiger partial charge in [0.15, 0.2) is 12.2 Å². The first-order chi connectivity index (χ1) is 46.4. The molecule has 0 spiro atoms. The van der Waals surface area contributed by atoms with Crippen LogP contribution in [0.4, 0.5) is 0 Å². The van der Waals surface area contributed by atoms with Crippen LogP contribution < -0.4 is 30.7 Å². The number of alkyl halides is 1. The molecule has 4 aromatic rings. The van der Waals surface area contributed by atoms with E-state index in [-0.39, 0.29) is 106 Å². The number of rotatable bonds is 18. The fourth-order valence-electron chi connectivity index (χ4n) is 11.3. The molecule has 2 saturated heterocycles. The molecule has 0 radical (unpaired) electrons. The minimum absolute atomic E-state index is 0.00322. The van der Waals surface area contributed by atoms with E-state index in [0.29, 0.717) is 38.6 Å². The van der Waals surface area contributed by atoms with Crippen molar-refractivity contribution >= 4 is 82.3 Å². The lowest BCUT2D eigenvalue weighted by Gasteiger charge is -2.29. The third-order valence-electron chi connectivity index (χ3n) is 17.5. The number of methoxy groups -OCH3 is 2. The molecule has 5 N–H and O–H groups in total. The lowest BCUT2D eigenvalue weighted by atomic mass is 9.92. The lowest BCUT2D eigenvalue weighted by molar-refractivity contribution is -0.179. The van der Waals surface area contributed by atoms with Crippen molar-refractivity contribution in [3.63, 3.8) is 0 Å². The Morgan fingerprint density at radius 3 is 1.23 bits per heavy atom. The first kappa shape index (κ1) is 77.8. The van der Waals surface area contributed by atoms with E-state index < -0.39 is 94.8 Å². The number of hydrogen-bond donors (Lipinski definition) is 5. The van der Waals surface area contributed by atoms with Gasteiger partial charge in [-0.2, -0.15) is 0 Å². The highest BCUT2D eigenvalue weighted by molar-refractivity contribution is 6.32. The maximum absolute atomic E-state index is 13.6. The van der Waals surface area contributed by atoms with Crippen LogP contribution in [0.15, 0.2) is 109 Å². The number of epoxide rings is 2. The highest BCUT2D eigenvalue weighted by atomic mass is 35.5. The van der Waals surface area contributed by atoms with Crippen molar-refractivity contribution in [3.8, 4) is 11.5 Å². The van der Waals surface area contributed by atoms with Crippen molar-refractivity contribution in [1.82, 2.24) is 21.3 Å². The van der Waals surface area contributed by atoms with Crippen molar-refractivity contribution in [2.24, 2.45) is 34.5 Å². The Hall–Kier alpha value is -7.53. The molecular formula is C74H93Cl3N4O17. The Labute approximate surface area is 589 Å². The van der Waals surface area contributed by atoms with Gasteiger partial charge in [0.25, 0.3) is 0 Å². The van der Waals surface area contributed by atoms with Crippen molar-refractivity contribution in [2.75, 3.05) is 27.3 Å². The summed E-state index contributed by atoms with van der Waals surface area (Å²) >= 11 is 18.6. The number of halogens is 3. The number of carbonyl (C=O) groups is 8. The van der Waals surface area contributed by atoms with Crippen molar-refractivity contribution in [3.05, 3.63) is 153 Å². The quantitative estimate of drug-likeness (QED) is 0.0268. The Balaban J connectivity index is 0.000000276. The normalized spacial score (nSPS) is 26.2. The number of cyclic esters (lactones) is 4. The largest absolute Gasteiger partial charge is 0.495 e. The van der Waals surface area contributed by atoms with Gasteiger partial charge in [0.1, 0.15) is 48.0 Å². The number of aliphatic hydroxyl groups is 1. The first-order valence-corrected chi connectivity index (χ1v) is 34.4. The van der Waals surface area contributed by atoms with Gasteiger partial charge in [-0.05, 0) is 122 Å². The van der Waals surface area contributed by atoms with E-state index in [4.69, 9.17) is 72.7 Å². The number of esters is 4. The Morgan fingerprint density at radius 2 is 0.898 bits per heavy atom. The predicted octanol–water partition coefficient (Wildman–Crippen LogP) is 10.5. The molecule has 0 saturated carbocycles. The zero-order valence-corrected chi connectivity index (χ0v) is 59.9. The van der Waals surface area contributed by atoms with Gasteiger partial charge in [0, 0.05) is 56.5 Å². The number of hydrogen-bond acceptors (Lipinski definition) is 17. The average molecular weight is 1420 g/mol. The zero-order valence-electron chi connectivity index (χ0n) is 57.7. The summed E-state index contributed by atoms with van der Waals surface area (Å²) in [6.07, 6.45) is 2.18. The van der Waals surface area contributed by atoms with E-state index >= 15 is 0 Å².